The number of nitrogens with two attached hydrogens (primary N) is 1. The van der Waals surface area contributed by atoms with Gasteiger partial charge < -0.3 is 10.6 Å². The summed E-state index contributed by atoms with van der Waals surface area (Å²) in [6.45, 7) is 8.29. The van der Waals surface area contributed by atoms with E-state index in [9.17, 15) is 4.79 Å². The third-order valence-corrected chi connectivity index (χ3v) is 3.87. The maximum Gasteiger partial charge on any atom is 0.287 e. The fourth-order valence-electron chi connectivity index (χ4n) is 2.34. The Morgan fingerprint density at radius 2 is 2.21 bits per heavy atom. The standard InChI is InChI=1S/C13H21ClN4O/c1-8(2)5-18-13(19)12(14)11(4-16-18)17-6-9(3)10(15)7-17/h4,8-10H,5-7,15H2,1-3H3. The van der Waals surface area contributed by atoms with E-state index in [1.54, 1.807) is 6.20 Å². The van der Waals surface area contributed by atoms with Gasteiger partial charge in [0.15, 0.2) is 0 Å². The predicted octanol–water partition coefficient (Wildman–Crippen LogP) is 1.34. The normalized spacial score (nSPS) is 23.4. The van der Waals surface area contributed by atoms with Crippen LogP contribution in [0, 0.1) is 11.8 Å². The first-order chi connectivity index (χ1) is 8.90. The number of halogens is 1. The molecule has 2 heterocycles. The van der Waals surface area contributed by atoms with E-state index in [0.29, 0.717) is 24.1 Å². The van der Waals surface area contributed by atoms with Crippen molar-refractivity contribution in [1.29, 1.82) is 0 Å². The van der Waals surface area contributed by atoms with E-state index in [-0.39, 0.29) is 16.6 Å². The molecule has 0 radical (unpaired) electrons. The van der Waals surface area contributed by atoms with E-state index >= 15 is 0 Å². The first-order valence-electron chi connectivity index (χ1n) is 6.66. The Bertz CT molecular complexity index is 504. The highest BCUT2D eigenvalue weighted by molar-refractivity contribution is 6.33. The molecular formula is C13H21ClN4O. The molecule has 2 N–H and O–H groups in total. The first kappa shape index (κ1) is 14.3. The molecule has 6 heteroatoms. The SMILES string of the molecule is CC(C)Cn1ncc(N2CC(C)C(N)C2)c(Cl)c1=O. The lowest BCUT2D eigenvalue weighted by molar-refractivity contribution is 0.463. The maximum absolute atomic E-state index is 12.2. The first-order valence-corrected chi connectivity index (χ1v) is 7.04. The Kier molecular flexibility index (Phi) is 4.16. The van der Waals surface area contributed by atoms with E-state index in [0.717, 1.165) is 13.1 Å². The fourth-order valence-corrected chi connectivity index (χ4v) is 2.61. The van der Waals surface area contributed by atoms with Crippen molar-refractivity contribution in [2.75, 3.05) is 18.0 Å². The van der Waals surface area contributed by atoms with Gasteiger partial charge >= 0.3 is 0 Å². The van der Waals surface area contributed by atoms with Crippen molar-refractivity contribution in [2.45, 2.75) is 33.4 Å². The second-order valence-electron chi connectivity index (χ2n) is 5.77. The van der Waals surface area contributed by atoms with Crippen molar-refractivity contribution in [3.63, 3.8) is 0 Å². The average Bonchev–Trinajstić information content (AvgIpc) is 2.65. The summed E-state index contributed by atoms with van der Waals surface area (Å²) in [4.78, 5) is 14.2. The highest BCUT2D eigenvalue weighted by atomic mass is 35.5. The molecule has 0 aliphatic carbocycles. The van der Waals surface area contributed by atoms with Crippen LogP contribution in [-0.2, 0) is 6.54 Å². The third-order valence-electron chi connectivity index (χ3n) is 3.52. The Hall–Kier alpha value is -1.07. The third kappa shape index (κ3) is 2.92. The largest absolute Gasteiger partial charge is 0.367 e. The Balaban J connectivity index is 2.29. The summed E-state index contributed by atoms with van der Waals surface area (Å²) in [6, 6.07) is 0.120. The highest BCUT2D eigenvalue weighted by Gasteiger charge is 2.28. The van der Waals surface area contributed by atoms with Gasteiger partial charge in [0.05, 0.1) is 11.9 Å². The van der Waals surface area contributed by atoms with Gasteiger partial charge in [-0.05, 0) is 11.8 Å². The van der Waals surface area contributed by atoms with Crippen LogP contribution in [0.5, 0.6) is 0 Å². The molecule has 1 aromatic rings. The molecule has 5 nitrogen and oxygen atoms in total. The zero-order chi connectivity index (χ0) is 14.2. The number of rotatable bonds is 3. The Labute approximate surface area is 118 Å². The molecule has 0 aromatic carbocycles. The van der Waals surface area contributed by atoms with Crippen molar-refractivity contribution in [2.24, 2.45) is 17.6 Å². The quantitative estimate of drug-likeness (QED) is 0.910. The summed E-state index contributed by atoms with van der Waals surface area (Å²) in [5.41, 5.74) is 6.48. The van der Waals surface area contributed by atoms with Crippen LogP contribution in [0.1, 0.15) is 20.8 Å². The second-order valence-corrected chi connectivity index (χ2v) is 6.15. The maximum atomic E-state index is 12.2. The summed E-state index contributed by atoms with van der Waals surface area (Å²) >= 11 is 6.20. The number of nitrogens with zero attached hydrogens (tertiary/aromatic N) is 3. The molecule has 1 aromatic heterocycles. The van der Waals surface area contributed by atoms with Crippen molar-refractivity contribution in [3.05, 3.63) is 21.6 Å². The van der Waals surface area contributed by atoms with Crippen LogP contribution in [0.15, 0.2) is 11.0 Å². The lowest BCUT2D eigenvalue weighted by Crippen LogP contribution is -2.31. The van der Waals surface area contributed by atoms with Crippen molar-refractivity contribution < 1.29 is 0 Å². The number of hydrogen-bond donors (Lipinski definition) is 1. The van der Waals surface area contributed by atoms with Gasteiger partial charge in [0.2, 0.25) is 0 Å². The van der Waals surface area contributed by atoms with Gasteiger partial charge in [0, 0.05) is 25.7 Å². The predicted molar refractivity (Wildman–Crippen MR) is 77.7 cm³/mol. The molecule has 2 rings (SSSR count). The highest BCUT2D eigenvalue weighted by Crippen LogP contribution is 2.26. The molecule has 2 unspecified atom stereocenters. The number of aromatic nitrogens is 2. The van der Waals surface area contributed by atoms with Gasteiger partial charge in [-0.15, -0.1) is 0 Å². The van der Waals surface area contributed by atoms with Crippen LogP contribution in [-0.4, -0.2) is 28.9 Å². The van der Waals surface area contributed by atoms with Gasteiger partial charge in [0.1, 0.15) is 5.02 Å². The van der Waals surface area contributed by atoms with Crippen LogP contribution in [0.2, 0.25) is 5.02 Å². The number of hydrogen-bond acceptors (Lipinski definition) is 4. The summed E-state index contributed by atoms with van der Waals surface area (Å²) in [6.07, 6.45) is 1.68. The van der Waals surface area contributed by atoms with Crippen molar-refractivity contribution >= 4 is 17.3 Å². The summed E-state index contributed by atoms with van der Waals surface area (Å²) in [5, 5.41) is 4.46. The topological polar surface area (TPSA) is 64.2 Å². The van der Waals surface area contributed by atoms with Crippen LogP contribution in [0.25, 0.3) is 0 Å². The van der Waals surface area contributed by atoms with Gasteiger partial charge in [-0.25, -0.2) is 4.68 Å². The van der Waals surface area contributed by atoms with Crippen molar-refractivity contribution in [1.82, 2.24) is 9.78 Å². The van der Waals surface area contributed by atoms with E-state index in [2.05, 4.69) is 12.0 Å². The summed E-state index contributed by atoms with van der Waals surface area (Å²) < 4.78 is 1.43. The van der Waals surface area contributed by atoms with E-state index in [1.807, 2.05) is 18.7 Å². The molecule has 19 heavy (non-hydrogen) atoms. The molecule has 0 amide bonds. The van der Waals surface area contributed by atoms with Gasteiger partial charge in [-0.1, -0.05) is 32.4 Å². The zero-order valence-electron chi connectivity index (χ0n) is 11.6. The molecule has 1 fully saturated rings. The van der Waals surface area contributed by atoms with E-state index in [1.165, 1.54) is 4.68 Å². The zero-order valence-corrected chi connectivity index (χ0v) is 12.4. The molecule has 1 aliphatic heterocycles. The second kappa shape index (κ2) is 5.51. The Morgan fingerprint density at radius 3 is 2.74 bits per heavy atom. The number of anilines is 1. The molecule has 2 atom stereocenters. The van der Waals surface area contributed by atoms with Crippen LogP contribution in [0.4, 0.5) is 5.69 Å². The van der Waals surface area contributed by atoms with Gasteiger partial charge in [-0.2, -0.15) is 5.10 Å². The Morgan fingerprint density at radius 1 is 1.53 bits per heavy atom. The molecule has 0 spiro atoms. The lowest BCUT2D eigenvalue weighted by Gasteiger charge is -2.19. The lowest BCUT2D eigenvalue weighted by atomic mass is 10.1. The molecule has 106 valence electrons. The molecule has 0 saturated carbocycles. The van der Waals surface area contributed by atoms with Crippen LogP contribution < -0.4 is 16.2 Å². The van der Waals surface area contributed by atoms with Gasteiger partial charge in [-0.3, -0.25) is 4.79 Å². The van der Waals surface area contributed by atoms with E-state index in [4.69, 9.17) is 17.3 Å². The minimum atomic E-state index is -0.221. The fraction of sp³-hybridized carbons (Fsp3) is 0.692. The van der Waals surface area contributed by atoms with Gasteiger partial charge in [0.25, 0.3) is 5.56 Å². The summed E-state index contributed by atoms with van der Waals surface area (Å²) in [5.74, 6) is 0.751. The molecular weight excluding hydrogens is 264 g/mol. The smallest absolute Gasteiger partial charge is 0.287 e. The minimum absolute atomic E-state index is 0.120. The van der Waals surface area contributed by atoms with Crippen LogP contribution >= 0.6 is 11.6 Å². The summed E-state index contributed by atoms with van der Waals surface area (Å²) in [7, 11) is 0. The molecule has 1 saturated heterocycles. The molecule has 0 bridgehead atoms. The average molecular weight is 285 g/mol. The molecule has 1 aliphatic rings. The van der Waals surface area contributed by atoms with E-state index < -0.39 is 0 Å². The minimum Gasteiger partial charge on any atom is -0.367 e. The van der Waals surface area contributed by atoms with Crippen LogP contribution in [0.3, 0.4) is 0 Å². The van der Waals surface area contributed by atoms with Crippen molar-refractivity contribution in [3.8, 4) is 0 Å². The monoisotopic (exact) mass is 284 g/mol.